The van der Waals surface area contributed by atoms with Crippen LogP contribution >= 0.6 is 46.0 Å². The molecular weight excluding hydrogens is 656 g/mol. The Bertz CT molecular complexity index is 1430. The molecule has 0 bridgehead atoms. The molecule has 6 nitrogen and oxygen atoms in total. The number of amides is 2. The van der Waals surface area contributed by atoms with E-state index in [0.717, 1.165) is 28.6 Å². The number of carbonyl (C=O) groups excluding carboxylic acids is 2. The van der Waals surface area contributed by atoms with Gasteiger partial charge >= 0.3 is 0 Å². The van der Waals surface area contributed by atoms with Gasteiger partial charge in [-0.1, -0.05) is 29.8 Å². The number of thioether (sulfide) groups is 1. The van der Waals surface area contributed by atoms with Gasteiger partial charge < -0.3 is 14.2 Å². The van der Waals surface area contributed by atoms with Crippen LogP contribution in [-0.4, -0.2) is 35.8 Å². The van der Waals surface area contributed by atoms with Crippen LogP contribution in [0.25, 0.3) is 6.08 Å². The van der Waals surface area contributed by atoms with Crippen LogP contribution in [0.3, 0.4) is 0 Å². The summed E-state index contributed by atoms with van der Waals surface area (Å²) in [6.07, 6.45) is 1.65. The molecule has 1 heterocycles. The number of carbonyl (C=O) groups is 2. The number of nitrogens with zero attached hydrogens (tertiary/aromatic N) is 1. The number of rotatable bonds is 10. The highest BCUT2D eigenvalue weighted by atomic mass is 127. The first-order valence-corrected chi connectivity index (χ1v) is 14.4. The Morgan fingerprint density at radius 1 is 1.05 bits per heavy atom. The largest absolute Gasteiger partial charge is 0.491 e. The monoisotopic (exact) mass is 681 g/mol. The number of ether oxygens (including phenoxy) is 3. The highest BCUT2D eigenvalue weighted by Crippen LogP contribution is 2.38. The van der Waals surface area contributed by atoms with Crippen molar-refractivity contribution in [2.45, 2.75) is 27.4 Å². The van der Waals surface area contributed by atoms with Crippen LogP contribution in [0, 0.1) is 23.2 Å². The number of imide groups is 1. The minimum absolute atomic E-state index is 0.0794. The van der Waals surface area contributed by atoms with Crippen molar-refractivity contribution in [3.8, 4) is 17.2 Å². The van der Waals surface area contributed by atoms with E-state index in [4.69, 9.17) is 25.8 Å². The normalized spacial score (nSPS) is 14.3. The summed E-state index contributed by atoms with van der Waals surface area (Å²) < 4.78 is 32.4. The van der Waals surface area contributed by atoms with Gasteiger partial charge in [-0.25, -0.2) is 4.39 Å². The van der Waals surface area contributed by atoms with Gasteiger partial charge in [0.2, 0.25) is 0 Å². The topological polar surface area (TPSA) is 65.1 Å². The van der Waals surface area contributed by atoms with E-state index in [1.807, 2.05) is 39.0 Å². The molecule has 3 aromatic carbocycles. The van der Waals surface area contributed by atoms with Crippen LogP contribution in [-0.2, 0) is 11.4 Å². The molecule has 0 atom stereocenters. The van der Waals surface area contributed by atoms with Crippen molar-refractivity contribution < 1.29 is 28.2 Å². The molecule has 3 aromatic rings. The molecule has 0 aromatic heterocycles. The maximum atomic E-state index is 14.2. The molecule has 0 spiro atoms. The Balaban J connectivity index is 1.48. The Morgan fingerprint density at radius 3 is 2.59 bits per heavy atom. The molecule has 1 aliphatic rings. The van der Waals surface area contributed by atoms with E-state index in [0.29, 0.717) is 32.1 Å². The summed E-state index contributed by atoms with van der Waals surface area (Å²) in [7, 11) is 0. The highest BCUT2D eigenvalue weighted by molar-refractivity contribution is 14.1. The number of benzene rings is 3. The van der Waals surface area contributed by atoms with Crippen molar-refractivity contribution in [1.29, 1.82) is 0 Å². The Hall–Kier alpha value is -2.76. The summed E-state index contributed by atoms with van der Waals surface area (Å²) in [4.78, 5) is 27.1. The van der Waals surface area contributed by atoms with E-state index in [-0.39, 0.29) is 41.5 Å². The number of hydrogen-bond donors (Lipinski definition) is 0. The van der Waals surface area contributed by atoms with E-state index in [2.05, 4.69) is 22.6 Å². The summed E-state index contributed by atoms with van der Waals surface area (Å²) in [5, 5.41) is -0.0769. The SMILES string of the molecule is CCOc1cc(/C=C2\SC(=O)N(CCOc3cc(C)ccc3C)C2=O)cc(I)c1OCc1c(F)cccc1Cl. The Kier molecular flexibility index (Phi) is 9.79. The van der Waals surface area contributed by atoms with Crippen molar-refractivity contribution in [1.82, 2.24) is 4.90 Å². The molecule has 0 radical (unpaired) electrons. The molecule has 39 heavy (non-hydrogen) atoms. The first-order valence-electron chi connectivity index (χ1n) is 12.2. The zero-order valence-corrected chi connectivity index (χ0v) is 25.3. The third-order valence-corrected chi connectivity index (χ3v) is 7.90. The van der Waals surface area contributed by atoms with E-state index >= 15 is 0 Å². The van der Waals surface area contributed by atoms with Crippen LogP contribution in [0.15, 0.2) is 53.4 Å². The third-order valence-electron chi connectivity index (χ3n) is 5.84. The lowest BCUT2D eigenvalue weighted by molar-refractivity contribution is -0.123. The van der Waals surface area contributed by atoms with Crippen molar-refractivity contribution in [2.24, 2.45) is 0 Å². The van der Waals surface area contributed by atoms with Gasteiger partial charge in [-0.2, -0.15) is 0 Å². The molecule has 0 unspecified atom stereocenters. The van der Waals surface area contributed by atoms with Gasteiger partial charge in [0, 0.05) is 5.56 Å². The summed E-state index contributed by atoms with van der Waals surface area (Å²) in [5.41, 5.74) is 2.96. The highest BCUT2D eigenvalue weighted by Gasteiger charge is 2.35. The molecular formula is C29H26ClFINO5S. The van der Waals surface area contributed by atoms with Gasteiger partial charge in [-0.15, -0.1) is 0 Å². The van der Waals surface area contributed by atoms with Crippen LogP contribution < -0.4 is 14.2 Å². The van der Waals surface area contributed by atoms with Crippen LogP contribution in [0.2, 0.25) is 5.02 Å². The van der Waals surface area contributed by atoms with Gasteiger partial charge in [-0.05, 0) is 108 Å². The summed E-state index contributed by atoms with van der Waals surface area (Å²) in [6, 6.07) is 13.9. The molecule has 0 N–H and O–H groups in total. The Labute approximate surface area is 249 Å². The minimum Gasteiger partial charge on any atom is -0.491 e. The van der Waals surface area contributed by atoms with Crippen LogP contribution in [0.5, 0.6) is 17.2 Å². The van der Waals surface area contributed by atoms with E-state index < -0.39 is 5.82 Å². The molecule has 4 rings (SSSR count). The fraction of sp³-hybridized carbons (Fsp3) is 0.241. The molecule has 10 heteroatoms. The molecule has 1 fully saturated rings. The van der Waals surface area contributed by atoms with Crippen LogP contribution in [0.1, 0.15) is 29.2 Å². The van der Waals surface area contributed by atoms with Crippen molar-refractivity contribution in [3.63, 3.8) is 0 Å². The number of aryl methyl sites for hydroxylation is 2. The number of halogens is 3. The zero-order chi connectivity index (χ0) is 28.1. The third kappa shape index (κ3) is 7.06. The van der Waals surface area contributed by atoms with Gasteiger partial charge in [-0.3, -0.25) is 14.5 Å². The van der Waals surface area contributed by atoms with E-state index in [1.165, 1.54) is 17.0 Å². The second-order valence-electron chi connectivity index (χ2n) is 8.70. The average molecular weight is 682 g/mol. The van der Waals surface area contributed by atoms with Crippen molar-refractivity contribution in [3.05, 3.63) is 90.1 Å². The maximum absolute atomic E-state index is 14.2. The standard InChI is InChI=1S/C29H26ClFINO5S/c1-4-36-25-14-19(13-23(32)27(25)38-16-20-21(30)6-5-7-22(20)31)15-26-28(34)33(29(35)39-26)10-11-37-24-12-17(2)8-9-18(24)3/h5-9,12-15H,4,10-11,16H2,1-3H3/b26-15-. The quantitative estimate of drug-likeness (QED) is 0.161. The lowest BCUT2D eigenvalue weighted by atomic mass is 10.1. The average Bonchev–Trinajstić information content (AvgIpc) is 3.14. The summed E-state index contributed by atoms with van der Waals surface area (Å²) in [5.74, 6) is 0.768. The molecule has 2 amide bonds. The lowest BCUT2D eigenvalue weighted by Crippen LogP contribution is -2.32. The second-order valence-corrected chi connectivity index (χ2v) is 11.3. The first kappa shape index (κ1) is 29.2. The predicted molar refractivity (Wildman–Crippen MR) is 160 cm³/mol. The van der Waals surface area contributed by atoms with Crippen LogP contribution in [0.4, 0.5) is 9.18 Å². The zero-order valence-electron chi connectivity index (χ0n) is 21.6. The summed E-state index contributed by atoms with van der Waals surface area (Å²) in [6.45, 7) is 6.38. The minimum atomic E-state index is -0.456. The van der Waals surface area contributed by atoms with Crippen molar-refractivity contribution >= 4 is 63.2 Å². The van der Waals surface area contributed by atoms with Crippen molar-refractivity contribution in [2.75, 3.05) is 19.8 Å². The molecule has 1 saturated heterocycles. The smallest absolute Gasteiger partial charge is 0.293 e. The predicted octanol–water partition coefficient (Wildman–Crippen LogP) is 7.79. The maximum Gasteiger partial charge on any atom is 0.293 e. The summed E-state index contributed by atoms with van der Waals surface area (Å²) >= 11 is 9.11. The van der Waals surface area contributed by atoms with Gasteiger partial charge in [0.1, 0.15) is 24.8 Å². The van der Waals surface area contributed by atoms with Gasteiger partial charge in [0.15, 0.2) is 11.5 Å². The van der Waals surface area contributed by atoms with Gasteiger partial charge in [0.05, 0.1) is 26.6 Å². The molecule has 0 saturated carbocycles. The molecule has 0 aliphatic carbocycles. The number of hydrogen-bond acceptors (Lipinski definition) is 6. The van der Waals surface area contributed by atoms with Gasteiger partial charge in [0.25, 0.3) is 11.1 Å². The fourth-order valence-corrected chi connectivity index (χ4v) is 5.71. The molecule has 1 aliphatic heterocycles. The lowest BCUT2D eigenvalue weighted by Gasteiger charge is -2.16. The van der Waals surface area contributed by atoms with E-state index in [9.17, 15) is 14.0 Å². The second kappa shape index (κ2) is 13.1. The molecule has 204 valence electrons. The van der Waals surface area contributed by atoms with E-state index in [1.54, 1.807) is 24.3 Å². The first-order chi connectivity index (χ1) is 18.7. The Morgan fingerprint density at radius 2 is 1.85 bits per heavy atom. The fourth-order valence-electron chi connectivity index (χ4n) is 3.84.